The lowest BCUT2D eigenvalue weighted by Crippen LogP contribution is -2.42. The fraction of sp³-hybridized carbons (Fsp3) is 0.700. The molecule has 0 spiro atoms. The van der Waals surface area contributed by atoms with E-state index in [4.69, 9.17) is 0 Å². The van der Waals surface area contributed by atoms with Gasteiger partial charge in [-0.05, 0) is 58.3 Å². The zero-order chi connectivity index (χ0) is 19.2. The molecular formula is C20H37N5O. The van der Waals surface area contributed by atoms with Crippen molar-refractivity contribution in [3.63, 3.8) is 0 Å². The summed E-state index contributed by atoms with van der Waals surface area (Å²) in [6.45, 7) is 11.6. The summed E-state index contributed by atoms with van der Waals surface area (Å²) in [5.74, 6) is 0.859. The molecule has 1 aromatic heterocycles. The molecule has 1 rings (SSSR count). The summed E-state index contributed by atoms with van der Waals surface area (Å²) in [7, 11) is 1.81. The summed E-state index contributed by atoms with van der Waals surface area (Å²) in [4.78, 5) is 18.4. The van der Waals surface area contributed by atoms with Gasteiger partial charge in [-0.2, -0.15) is 0 Å². The molecule has 0 bridgehead atoms. The monoisotopic (exact) mass is 363 g/mol. The van der Waals surface area contributed by atoms with Gasteiger partial charge in [-0.3, -0.25) is 9.79 Å². The number of pyridine rings is 1. The number of aromatic nitrogens is 1. The third-order valence-electron chi connectivity index (χ3n) is 4.63. The molecule has 0 saturated carbocycles. The zero-order valence-electron chi connectivity index (χ0n) is 17.0. The van der Waals surface area contributed by atoms with Crippen LogP contribution in [0.15, 0.2) is 34.2 Å². The molecule has 0 radical (unpaired) electrons. The van der Waals surface area contributed by atoms with Crippen LogP contribution >= 0.6 is 0 Å². The van der Waals surface area contributed by atoms with Crippen molar-refractivity contribution in [3.8, 4) is 0 Å². The van der Waals surface area contributed by atoms with Crippen LogP contribution in [0, 0.1) is 0 Å². The van der Waals surface area contributed by atoms with Crippen LogP contribution in [0.25, 0.3) is 0 Å². The van der Waals surface area contributed by atoms with Gasteiger partial charge >= 0.3 is 0 Å². The van der Waals surface area contributed by atoms with Gasteiger partial charge < -0.3 is 20.1 Å². The van der Waals surface area contributed by atoms with Crippen molar-refractivity contribution in [2.45, 2.75) is 59.0 Å². The predicted octanol–water partition coefficient (Wildman–Crippen LogP) is 2.30. The maximum atomic E-state index is 11.6. The first-order chi connectivity index (χ1) is 12.6. The molecule has 1 atom stereocenters. The Morgan fingerprint density at radius 3 is 2.65 bits per heavy atom. The lowest BCUT2D eigenvalue weighted by molar-refractivity contribution is 0.292. The average Bonchev–Trinajstić information content (AvgIpc) is 2.65. The molecule has 6 nitrogen and oxygen atoms in total. The van der Waals surface area contributed by atoms with Crippen molar-refractivity contribution >= 4 is 5.96 Å². The van der Waals surface area contributed by atoms with Gasteiger partial charge in [-0.25, -0.2) is 0 Å². The number of unbranched alkanes of at least 4 members (excludes halogenated alkanes) is 1. The van der Waals surface area contributed by atoms with Crippen LogP contribution in [-0.4, -0.2) is 54.7 Å². The van der Waals surface area contributed by atoms with E-state index in [0.717, 1.165) is 57.9 Å². The highest BCUT2D eigenvalue weighted by Crippen LogP contribution is 2.00. The molecule has 0 aliphatic carbocycles. The lowest BCUT2D eigenvalue weighted by Gasteiger charge is -2.21. The third-order valence-corrected chi connectivity index (χ3v) is 4.63. The normalized spacial score (nSPS) is 13.0. The van der Waals surface area contributed by atoms with Crippen molar-refractivity contribution in [2.24, 2.45) is 4.99 Å². The molecule has 0 saturated heterocycles. The van der Waals surface area contributed by atoms with Gasteiger partial charge in [0.1, 0.15) is 0 Å². The van der Waals surface area contributed by atoms with Crippen molar-refractivity contribution in [1.82, 2.24) is 20.1 Å². The molecule has 1 aromatic rings. The standard InChI is InChI=1S/C20H37N5O/c1-5-24(6-2)15-11-12-18(3)23-20(21-4)22-14-8-10-17-25-16-9-7-13-19(25)26/h7,9,13,16,18H,5-6,8,10-12,14-15,17H2,1-4H3,(H2,21,22,23). The van der Waals surface area contributed by atoms with Crippen LogP contribution in [-0.2, 0) is 6.54 Å². The molecule has 1 heterocycles. The van der Waals surface area contributed by atoms with Crippen LogP contribution in [0.5, 0.6) is 0 Å². The minimum atomic E-state index is 0.0662. The average molecular weight is 364 g/mol. The molecule has 0 amide bonds. The third kappa shape index (κ3) is 9.04. The molecule has 1 unspecified atom stereocenters. The second kappa shape index (κ2) is 13.4. The summed E-state index contributed by atoms with van der Waals surface area (Å²) in [5, 5.41) is 6.82. The van der Waals surface area contributed by atoms with E-state index < -0.39 is 0 Å². The number of nitrogens with zero attached hydrogens (tertiary/aromatic N) is 3. The maximum Gasteiger partial charge on any atom is 0.250 e. The van der Waals surface area contributed by atoms with Crippen molar-refractivity contribution in [1.29, 1.82) is 0 Å². The molecule has 6 heteroatoms. The lowest BCUT2D eigenvalue weighted by atomic mass is 10.2. The largest absolute Gasteiger partial charge is 0.356 e. The second-order valence-electron chi connectivity index (χ2n) is 6.65. The number of aryl methyl sites for hydroxylation is 1. The Bertz CT molecular complexity index is 565. The van der Waals surface area contributed by atoms with Crippen LogP contribution in [0.4, 0.5) is 0 Å². The Balaban J connectivity index is 2.18. The maximum absolute atomic E-state index is 11.6. The van der Waals surface area contributed by atoms with E-state index in [-0.39, 0.29) is 5.56 Å². The first-order valence-electron chi connectivity index (χ1n) is 9.95. The van der Waals surface area contributed by atoms with Crippen LogP contribution in [0.1, 0.15) is 46.5 Å². The van der Waals surface area contributed by atoms with E-state index in [2.05, 4.69) is 41.3 Å². The van der Waals surface area contributed by atoms with E-state index in [0.29, 0.717) is 6.04 Å². The fourth-order valence-electron chi connectivity index (χ4n) is 2.92. The fourth-order valence-corrected chi connectivity index (χ4v) is 2.92. The van der Waals surface area contributed by atoms with Gasteiger partial charge in [0, 0.05) is 38.4 Å². The van der Waals surface area contributed by atoms with Crippen LogP contribution in [0.2, 0.25) is 0 Å². The SMILES string of the molecule is CCN(CC)CCCC(C)NC(=NC)NCCCCn1ccccc1=O. The first-order valence-corrected chi connectivity index (χ1v) is 9.95. The minimum absolute atomic E-state index is 0.0662. The van der Waals surface area contributed by atoms with Crippen LogP contribution < -0.4 is 16.2 Å². The van der Waals surface area contributed by atoms with Gasteiger partial charge in [-0.1, -0.05) is 19.9 Å². The van der Waals surface area contributed by atoms with Gasteiger partial charge in [0.25, 0.3) is 0 Å². The number of hydrogen-bond acceptors (Lipinski definition) is 3. The molecule has 0 fully saturated rings. The van der Waals surface area contributed by atoms with Gasteiger partial charge in [0.2, 0.25) is 5.56 Å². The predicted molar refractivity (Wildman–Crippen MR) is 111 cm³/mol. The summed E-state index contributed by atoms with van der Waals surface area (Å²) < 4.78 is 1.75. The number of nitrogens with one attached hydrogen (secondary N) is 2. The number of guanidine groups is 1. The highest BCUT2D eigenvalue weighted by Gasteiger charge is 2.06. The van der Waals surface area contributed by atoms with Gasteiger partial charge in [0.05, 0.1) is 0 Å². The molecule has 0 aliphatic rings. The minimum Gasteiger partial charge on any atom is -0.356 e. The van der Waals surface area contributed by atoms with E-state index >= 15 is 0 Å². The quantitative estimate of drug-likeness (QED) is 0.340. The van der Waals surface area contributed by atoms with Gasteiger partial charge in [-0.15, -0.1) is 0 Å². The molecule has 0 aromatic carbocycles. The Morgan fingerprint density at radius 2 is 2.00 bits per heavy atom. The van der Waals surface area contributed by atoms with Crippen molar-refractivity contribution < 1.29 is 0 Å². The van der Waals surface area contributed by atoms with E-state index in [9.17, 15) is 4.79 Å². The summed E-state index contributed by atoms with van der Waals surface area (Å²) in [5.41, 5.74) is 0.0662. The van der Waals surface area contributed by atoms with Crippen molar-refractivity contribution in [2.75, 3.05) is 33.2 Å². The van der Waals surface area contributed by atoms with E-state index in [1.807, 2.05) is 19.3 Å². The topological polar surface area (TPSA) is 61.7 Å². The highest BCUT2D eigenvalue weighted by atomic mass is 16.1. The number of aliphatic imine (C=N–C) groups is 1. The summed E-state index contributed by atoms with van der Waals surface area (Å²) in [6.07, 6.45) is 6.13. The summed E-state index contributed by atoms with van der Waals surface area (Å²) in [6, 6.07) is 5.68. The second-order valence-corrected chi connectivity index (χ2v) is 6.65. The Morgan fingerprint density at radius 1 is 1.23 bits per heavy atom. The summed E-state index contributed by atoms with van der Waals surface area (Å²) >= 11 is 0. The molecule has 0 aliphatic heterocycles. The molecule has 2 N–H and O–H groups in total. The Kier molecular flexibility index (Phi) is 11.4. The van der Waals surface area contributed by atoms with Gasteiger partial charge in [0.15, 0.2) is 5.96 Å². The van der Waals surface area contributed by atoms with Crippen LogP contribution in [0.3, 0.4) is 0 Å². The molecular weight excluding hydrogens is 326 g/mol. The number of hydrogen-bond donors (Lipinski definition) is 2. The van der Waals surface area contributed by atoms with E-state index in [1.165, 1.54) is 6.42 Å². The smallest absolute Gasteiger partial charge is 0.250 e. The zero-order valence-corrected chi connectivity index (χ0v) is 17.0. The first kappa shape index (κ1) is 22.2. The molecule has 148 valence electrons. The molecule has 26 heavy (non-hydrogen) atoms. The van der Waals surface area contributed by atoms with Crippen molar-refractivity contribution in [3.05, 3.63) is 34.7 Å². The number of rotatable bonds is 12. The highest BCUT2D eigenvalue weighted by molar-refractivity contribution is 5.79. The van der Waals surface area contributed by atoms with E-state index in [1.54, 1.807) is 16.7 Å². The Hall–Kier alpha value is -1.82. The Labute approximate surface area is 158 Å².